The van der Waals surface area contributed by atoms with Crippen LogP contribution in [0.4, 0.5) is 5.69 Å². The van der Waals surface area contributed by atoms with Gasteiger partial charge in [-0.3, -0.25) is 4.79 Å². The van der Waals surface area contributed by atoms with Crippen LogP contribution in [-0.2, 0) is 6.42 Å². The number of nitrogens with zero attached hydrogens (tertiary/aromatic N) is 1. The van der Waals surface area contributed by atoms with Crippen LogP contribution in [0.1, 0.15) is 41.1 Å². The average molecular weight is 353 g/mol. The van der Waals surface area contributed by atoms with E-state index in [1.165, 1.54) is 11.3 Å². The minimum Gasteiger partial charge on any atom is -0.492 e. The van der Waals surface area contributed by atoms with Crippen LogP contribution in [0.3, 0.4) is 0 Å². The number of anilines is 1. The lowest BCUT2D eigenvalue weighted by atomic mass is 10.2. The van der Waals surface area contributed by atoms with E-state index in [1.54, 1.807) is 18.2 Å². The zero-order chi connectivity index (χ0) is 17.0. The van der Waals surface area contributed by atoms with Crippen molar-refractivity contribution < 1.29 is 9.53 Å². The van der Waals surface area contributed by atoms with Gasteiger partial charge in [-0.2, -0.15) is 0 Å². The van der Waals surface area contributed by atoms with Crippen LogP contribution in [0.5, 0.6) is 5.75 Å². The topological polar surface area (TPSA) is 51.2 Å². The van der Waals surface area contributed by atoms with Crippen molar-refractivity contribution in [1.29, 1.82) is 0 Å². The van der Waals surface area contributed by atoms with E-state index < -0.39 is 0 Å². The Morgan fingerprint density at radius 2 is 2.17 bits per heavy atom. The Labute approximate surface area is 145 Å². The third-order valence-corrected chi connectivity index (χ3v) is 4.71. The van der Waals surface area contributed by atoms with Crippen LogP contribution in [0.25, 0.3) is 0 Å². The maximum Gasteiger partial charge on any atom is 0.267 e. The van der Waals surface area contributed by atoms with E-state index in [0.717, 1.165) is 17.1 Å². The molecule has 1 amide bonds. The van der Waals surface area contributed by atoms with Crippen LogP contribution < -0.4 is 10.1 Å². The van der Waals surface area contributed by atoms with Crippen molar-refractivity contribution in [3.63, 3.8) is 0 Å². The number of benzene rings is 1. The fraction of sp³-hybridized carbons (Fsp3) is 0.412. The van der Waals surface area contributed by atoms with Crippen molar-refractivity contribution in [1.82, 2.24) is 4.98 Å². The first-order valence-corrected chi connectivity index (χ1v) is 8.80. The molecule has 2 rings (SSSR count). The number of thiazole rings is 1. The fourth-order valence-corrected chi connectivity index (χ4v) is 3.09. The predicted octanol–water partition coefficient (Wildman–Crippen LogP) is 4.95. The number of aryl methyl sites for hydroxylation is 2. The Balaban J connectivity index is 2.09. The lowest BCUT2D eigenvalue weighted by Crippen LogP contribution is -2.11. The van der Waals surface area contributed by atoms with Gasteiger partial charge < -0.3 is 10.1 Å². The molecule has 124 valence electrons. The molecule has 0 fully saturated rings. The van der Waals surface area contributed by atoms with Gasteiger partial charge in [0, 0.05) is 5.69 Å². The first-order chi connectivity index (χ1) is 10.9. The van der Waals surface area contributed by atoms with Gasteiger partial charge in [-0.25, -0.2) is 4.98 Å². The Morgan fingerprint density at radius 1 is 1.43 bits per heavy atom. The van der Waals surface area contributed by atoms with Gasteiger partial charge in [0.15, 0.2) is 0 Å². The molecular weight excluding hydrogens is 332 g/mol. The standard InChI is InChI=1S/C17H21ClN2O2S/c1-5-15-19-11(4)16(23-15)17(21)20-12-6-7-14(13(18)8-12)22-9-10(2)3/h6-8,10H,5,9H2,1-4H3,(H,20,21). The first kappa shape index (κ1) is 17.8. The second kappa shape index (κ2) is 7.79. The van der Waals surface area contributed by atoms with Gasteiger partial charge in [-0.1, -0.05) is 32.4 Å². The van der Waals surface area contributed by atoms with E-state index in [0.29, 0.717) is 33.9 Å². The third kappa shape index (κ3) is 4.69. The summed E-state index contributed by atoms with van der Waals surface area (Å²) in [5.41, 5.74) is 1.40. The largest absolute Gasteiger partial charge is 0.492 e. The van der Waals surface area contributed by atoms with E-state index in [1.807, 2.05) is 13.8 Å². The summed E-state index contributed by atoms with van der Waals surface area (Å²) in [5, 5.41) is 4.31. The Hall–Kier alpha value is -1.59. The van der Waals surface area contributed by atoms with Gasteiger partial charge in [0.05, 0.1) is 22.3 Å². The van der Waals surface area contributed by atoms with Gasteiger partial charge in [0.2, 0.25) is 0 Å². The second-order valence-corrected chi connectivity index (χ2v) is 7.17. The summed E-state index contributed by atoms with van der Waals surface area (Å²) in [7, 11) is 0. The van der Waals surface area contributed by atoms with Gasteiger partial charge in [-0.15, -0.1) is 11.3 Å². The molecule has 0 aliphatic heterocycles. The molecule has 1 aromatic heterocycles. The summed E-state index contributed by atoms with van der Waals surface area (Å²) >= 11 is 7.64. The molecule has 0 radical (unpaired) electrons. The highest BCUT2D eigenvalue weighted by Gasteiger charge is 2.15. The molecule has 2 aromatic rings. The smallest absolute Gasteiger partial charge is 0.267 e. The van der Waals surface area contributed by atoms with Crippen molar-refractivity contribution in [2.24, 2.45) is 5.92 Å². The molecule has 0 bridgehead atoms. The van der Waals surface area contributed by atoms with Gasteiger partial charge in [0.25, 0.3) is 5.91 Å². The maximum atomic E-state index is 12.4. The van der Waals surface area contributed by atoms with Crippen molar-refractivity contribution in [3.8, 4) is 5.75 Å². The number of rotatable bonds is 6. The Kier molecular flexibility index (Phi) is 6.02. The van der Waals surface area contributed by atoms with Crippen molar-refractivity contribution in [2.75, 3.05) is 11.9 Å². The number of amides is 1. The molecule has 4 nitrogen and oxygen atoms in total. The molecule has 0 saturated heterocycles. The molecule has 1 N–H and O–H groups in total. The summed E-state index contributed by atoms with van der Waals surface area (Å²) in [4.78, 5) is 17.4. The SMILES string of the molecule is CCc1nc(C)c(C(=O)Nc2ccc(OCC(C)C)c(Cl)c2)s1. The normalized spacial score (nSPS) is 10.9. The summed E-state index contributed by atoms with van der Waals surface area (Å²) in [6.45, 7) is 8.62. The quantitative estimate of drug-likeness (QED) is 0.799. The molecule has 6 heteroatoms. The van der Waals surface area contributed by atoms with Crippen molar-refractivity contribution >= 4 is 34.5 Å². The van der Waals surface area contributed by atoms with Gasteiger partial charge in [-0.05, 0) is 37.5 Å². The molecule has 0 atom stereocenters. The summed E-state index contributed by atoms with van der Waals surface area (Å²) in [5.74, 6) is 0.889. The third-order valence-electron chi connectivity index (χ3n) is 3.11. The molecule has 0 saturated carbocycles. The summed E-state index contributed by atoms with van der Waals surface area (Å²) in [6, 6.07) is 5.26. The Bertz CT molecular complexity index is 698. The zero-order valence-corrected chi connectivity index (χ0v) is 15.3. The molecule has 1 aromatic carbocycles. The first-order valence-electron chi connectivity index (χ1n) is 7.60. The highest BCUT2D eigenvalue weighted by atomic mass is 35.5. The van der Waals surface area contributed by atoms with Gasteiger partial charge in [0.1, 0.15) is 10.6 Å². The average Bonchev–Trinajstić information content (AvgIpc) is 2.87. The number of hydrogen-bond donors (Lipinski definition) is 1. The predicted molar refractivity (Wildman–Crippen MR) is 96.0 cm³/mol. The number of carbonyl (C=O) groups is 1. The van der Waals surface area contributed by atoms with E-state index in [2.05, 4.69) is 24.1 Å². The zero-order valence-electron chi connectivity index (χ0n) is 13.8. The van der Waals surface area contributed by atoms with Crippen LogP contribution >= 0.6 is 22.9 Å². The Morgan fingerprint density at radius 3 is 2.74 bits per heavy atom. The monoisotopic (exact) mass is 352 g/mol. The van der Waals surface area contributed by atoms with Gasteiger partial charge >= 0.3 is 0 Å². The number of hydrogen-bond acceptors (Lipinski definition) is 4. The molecule has 0 unspecified atom stereocenters. The lowest BCUT2D eigenvalue weighted by Gasteiger charge is -2.11. The van der Waals surface area contributed by atoms with Crippen LogP contribution in [0, 0.1) is 12.8 Å². The summed E-state index contributed by atoms with van der Waals surface area (Å²) < 4.78 is 5.63. The highest BCUT2D eigenvalue weighted by molar-refractivity contribution is 7.13. The van der Waals surface area contributed by atoms with E-state index in [-0.39, 0.29) is 5.91 Å². The number of halogens is 1. The van der Waals surface area contributed by atoms with Crippen LogP contribution in [0.15, 0.2) is 18.2 Å². The highest BCUT2D eigenvalue weighted by Crippen LogP contribution is 2.29. The lowest BCUT2D eigenvalue weighted by molar-refractivity contribution is 0.103. The number of ether oxygens (including phenoxy) is 1. The number of nitrogens with one attached hydrogen (secondary N) is 1. The van der Waals surface area contributed by atoms with Crippen LogP contribution in [0.2, 0.25) is 5.02 Å². The minimum absolute atomic E-state index is 0.161. The molecule has 0 aliphatic rings. The van der Waals surface area contributed by atoms with Crippen molar-refractivity contribution in [2.45, 2.75) is 34.1 Å². The molecule has 1 heterocycles. The van der Waals surface area contributed by atoms with Crippen LogP contribution in [-0.4, -0.2) is 17.5 Å². The van der Waals surface area contributed by atoms with E-state index in [4.69, 9.17) is 16.3 Å². The number of carbonyl (C=O) groups excluding carboxylic acids is 1. The maximum absolute atomic E-state index is 12.4. The van der Waals surface area contributed by atoms with E-state index >= 15 is 0 Å². The minimum atomic E-state index is -0.161. The van der Waals surface area contributed by atoms with Crippen molar-refractivity contribution in [3.05, 3.63) is 38.8 Å². The molecular formula is C17H21ClN2O2S. The second-order valence-electron chi connectivity index (χ2n) is 5.68. The molecule has 0 aliphatic carbocycles. The fourth-order valence-electron chi connectivity index (χ4n) is 1.95. The molecule has 0 spiro atoms. The number of aromatic nitrogens is 1. The van der Waals surface area contributed by atoms with E-state index in [9.17, 15) is 4.79 Å². The molecule has 23 heavy (non-hydrogen) atoms. The summed E-state index contributed by atoms with van der Waals surface area (Å²) in [6.07, 6.45) is 0.826.